The van der Waals surface area contributed by atoms with E-state index >= 15 is 0 Å². The summed E-state index contributed by atoms with van der Waals surface area (Å²) in [7, 11) is 0. The summed E-state index contributed by atoms with van der Waals surface area (Å²) in [6.45, 7) is 0.720. The van der Waals surface area contributed by atoms with Gasteiger partial charge in [-0.2, -0.15) is 0 Å². The lowest BCUT2D eigenvalue weighted by atomic mass is 9.78. The molecule has 1 aromatic carbocycles. The van der Waals surface area contributed by atoms with Crippen LogP contribution in [0.4, 0.5) is 4.39 Å². The molecule has 1 spiro atoms. The largest absolute Gasteiger partial charge is 0.375 e. The van der Waals surface area contributed by atoms with Crippen molar-refractivity contribution in [2.75, 3.05) is 6.61 Å². The molecule has 1 atom stereocenters. The van der Waals surface area contributed by atoms with E-state index in [-0.39, 0.29) is 23.4 Å². The third-order valence-corrected chi connectivity index (χ3v) is 6.17. The van der Waals surface area contributed by atoms with Gasteiger partial charge in [0.1, 0.15) is 5.82 Å². The minimum absolute atomic E-state index is 0.00506. The van der Waals surface area contributed by atoms with Crippen molar-refractivity contribution in [2.24, 2.45) is 0 Å². The van der Waals surface area contributed by atoms with Gasteiger partial charge in [-0.3, -0.25) is 4.79 Å². The number of halogens is 1. The zero-order valence-electron chi connectivity index (χ0n) is 14.2. The Hall–Kier alpha value is -1.42. The molecule has 0 unspecified atom stereocenters. The highest BCUT2D eigenvalue weighted by Crippen LogP contribution is 2.49. The highest BCUT2D eigenvalue weighted by molar-refractivity contribution is 5.91. The molecule has 1 saturated heterocycles. The van der Waals surface area contributed by atoms with Gasteiger partial charge in [0, 0.05) is 18.2 Å². The number of hydrogen-bond acceptors (Lipinski definition) is 2. The molecule has 1 N–H and O–H groups in total. The van der Waals surface area contributed by atoms with Crippen molar-refractivity contribution in [1.82, 2.24) is 5.32 Å². The van der Waals surface area contributed by atoms with Crippen molar-refractivity contribution >= 4 is 5.91 Å². The van der Waals surface area contributed by atoms with Crippen LogP contribution in [0.5, 0.6) is 0 Å². The first-order valence-corrected chi connectivity index (χ1v) is 9.34. The molecule has 4 heteroatoms. The molecule has 24 heavy (non-hydrogen) atoms. The molecule has 3 aliphatic rings. The lowest BCUT2D eigenvalue weighted by Gasteiger charge is -2.44. The van der Waals surface area contributed by atoms with Crippen LogP contribution in [0, 0.1) is 5.82 Å². The van der Waals surface area contributed by atoms with Gasteiger partial charge in [-0.15, -0.1) is 0 Å². The zero-order valence-corrected chi connectivity index (χ0v) is 14.2. The van der Waals surface area contributed by atoms with Crippen LogP contribution in [-0.2, 0) is 14.9 Å². The molecule has 130 valence electrons. The first-order valence-electron chi connectivity index (χ1n) is 9.34. The molecular weight excluding hydrogens is 305 g/mol. The summed E-state index contributed by atoms with van der Waals surface area (Å²) in [4.78, 5) is 12.9. The minimum atomic E-state index is -0.636. The highest BCUT2D eigenvalue weighted by atomic mass is 19.1. The van der Waals surface area contributed by atoms with Crippen molar-refractivity contribution < 1.29 is 13.9 Å². The van der Waals surface area contributed by atoms with Crippen LogP contribution in [0.3, 0.4) is 0 Å². The molecular formula is C20H26FNO2. The Bertz CT molecular complexity index is 614. The molecule has 1 aromatic rings. The van der Waals surface area contributed by atoms with Gasteiger partial charge in [-0.05, 0) is 44.6 Å². The number of nitrogens with one attached hydrogen (secondary N) is 1. The van der Waals surface area contributed by atoms with Crippen LogP contribution in [0.15, 0.2) is 24.3 Å². The van der Waals surface area contributed by atoms with Gasteiger partial charge in [0.25, 0.3) is 0 Å². The van der Waals surface area contributed by atoms with E-state index in [0.29, 0.717) is 5.56 Å². The Morgan fingerprint density at radius 3 is 2.58 bits per heavy atom. The highest BCUT2D eigenvalue weighted by Gasteiger charge is 2.53. The summed E-state index contributed by atoms with van der Waals surface area (Å²) in [5, 5.41) is 3.23. The standard InChI is InChI=1S/C20H26FNO2/c21-17-7-3-2-6-16(17)20(11-12-20)18(23)22-15-8-13-24-19(14-15)9-4-1-5-10-19/h2-3,6-7,15H,1,4-5,8-14H2,(H,22,23)/t15-/m0/s1. The molecule has 3 nitrogen and oxygen atoms in total. The number of amides is 1. The topological polar surface area (TPSA) is 38.3 Å². The Morgan fingerprint density at radius 2 is 1.88 bits per heavy atom. The van der Waals surface area contributed by atoms with E-state index in [0.717, 1.165) is 45.1 Å². The average molecular weight is 331 g/mol. The lowest BCUT2D eigenvalue weighted by molar-refractivity contribution is -0.130. The zero-order chi connectivity index (χ0) is 16.6. The monoisotopic (exact) mass is 331 g/mol. The van der Waals surface area contributed by atoms with Crippen LogP contribution in [0.2, 0.25) is 0 Å². The minimum Gasteiger partial charge on any atom is -0.375 e. The summed E-state index contributed by atoms with van der Waals surface area (Å²) in [5.74, 6) is -0.258. The first-order chi connectivity index (χ1) is 11.6. The number of benzene rings is 1. The smallest absolute Gasteiger partial charge is 0.230 e. The van der Waals surface area contributed by atoms with Crippen LogP contribution < -0.4 is 5.32 Å². The molecule has 2 aliphatic carbocycles. The second-order valence-corrected chi connectivity index (χ2v) is 7.82. The third kappa shape index (κ3) is 2.85. The summed E-state index contributed by atoms with van der Waals surface area (Å²) in [6, 6.07) is 6.87. The van der Waals surface area contributed by atoms with Crippen molar-refractivity contribution in [3.05, 3.63) is 35.6 Å². The maximum absolute atomic E-state index is 14.1. The summed E-state index contributed by atoms with van der Waals surface area (Å²) in [6.07, 6.45) is 9.21. The quantitative estimate of drug-likeness (QED) is 0.913. The van der Waals surface area contributed by atoms with Gasteiger partial charge < -0.3 is 10.1 Å². The van der Waals surface area contributed by atoms with Gasteiger partial charge in [-0.25, -0.2) is 4.39 Å². The Balaban J connectivity index is 1.45. The fraction of sp³-hybridized carbons (Fsp3) is 0.650. The first kappa shape index (κ1) is 16.1. The van der Waals surface area contributed by atoms with Crippen molar-refractivity contribution in [1.29, 1.82) is 0 Å². The van der Waals surface area contributed by atoms with Crippen LogP contribution in [0.25, 0.3) is 0 Å². The van der Waals surface area contributed by atoms with E-state index in [1.807, 2.05) is 6.07 Å². The predicted molar refractivity (Wildman–Crippen MR) is 90.2 cm³/mol. The average Bonchev–Trinajstić information content (AvgIpc) is 3.38. The fourth-order valence-corrected chi connectivity index (χ4v) is 4.61. The summed E-state index contributed by atoms with van der Waals surface area (Å²) < 4.78 is 20.3. The van der Waals surface area contributed by atoms with Crippen molar-refractivity contribution in [2.45, 2.75) is 74.8 Å². The molecule has 2 saturated carbocycles. The molecule has 0 radical (unpaired) electrons. The predicted octanol–water partition coefficient (Wildman–Crippen LogP) is 3.86. The van der Waals surface area contributed by atoms with E-state index in [2.05, 4.69) is 5.32 Å². The molecule has 3 fully saturated rings. The molecule has 4 rings (SSSR count). The molecule has 1 aliphatic heterocycles. The van der Waals surface area contributed by atoms with Crippen LogP contribution in [0.1, 0.15) is 63.4 Å². The maximum Gasteiger partial charge on any atom is 0.230 e. The van der Waals surface area contributed by atoms with E-state index in [1.165, 1.54) is 25.3 Å². The fourth-order valence-electron chi connectivity index (χ4n) is 4.61. The lowest BCUT2D eigenvalue weighted by Crippen LogP contribution is -2.51. The molecule has 1 heterocycles. The van der Waals surface area contributed by atoms with Crippen molar-refractivity contribution in [3.63, 3.8) is 0 Å². The summed E-state index contributed by atoms with van der Waals surface area (Å²) in [5.41, 5.74) is -0.103. The van der Waals surface area contributed by atoms with Crippen LogP contribution >= 0.6 is 0 Å². The van der Waals surface area contributed by atoms with Gasteiger partial charge in [0.05, 0.1) is 11.0 Å². The van der Waals surface area contributed by atoms with E-state index in [4.69, 9.17) is 4.74 Å². The number of rotatable bonds is 3. The third-order valence-electron chi connectivity index (χ3n) is 6.17. The van der Waals surface area contributed by atoms with Gasteiger partial charge in [-0.1, -0.05) is 37.5 Å². The normalized spacial score (nSPS) is 27.6. The van der Waals surface area contributed by atoms with Gasteiger partial charge >= 0.3 is 0 Å². The van der Waals surface area contributed by atoms with Crippen molar-refractivity contribution in [3.8, 4) is 0 Å². The number of hydrogen-bond donors (Lipinski definition) is 1. The maximum atomic E-state index is 14.1. The number of ether oxygens (including phenoxy) is 1. The second kappa shape index (κ2) is 6.14. The second-order valence-electron chi connectivity index (χ2n) is 7.82. The van der Waals surface area contributed by atoms with E-state index in [1.54, 1.807) is 12.1 Å². The van der Waals surface area contributed by atoms with E-state index in [9.17, 15) is 9.18 Å². The van der Waals surface area contributed by atoms with Crippen LogP contribution in [-0.4, -0.2) is 24.2 Å². The SMILES string of the molecule is O=C(N[C@H]1CCOC2(CCCCC2)C1)C1(c2ccccc2F)CC1. The molecule has 0 bridgehead atoms. The number of carbonyl (C=O) groups excluding carboxylic acids is 1. The van der Waals surface area contributed by atoms with Gasteiger partial charge in [0.15, 0.2) is 0 Å². The van der Waals surface area contributed by atoms with E-state index < -0.39 is 5.41 Å². The molecule has 1 amide bonds. The Labute approximate surface area is 143 Å². The van der Waals surface area contributed by atoms with Gasteiger partial charge in [0.2, 0.25) is 5.91 Å². The summed E-state index contributed by atoms with van der Waals surface area (Å²) >= 11 is 0. The Morgan fingerprint density at radius 1 is 1.12 bits per heavy atom. The molecule has 0 aromatic heterocycles. The Kier molecular flexibility index (Phi) is 4.11. The number of carbonyl (C=O) groups is 1.